The second-order valence-electron chi connectivity index (χ2n) is 3.66. The molecule has 3 rings (SSSR count). The minimum Gasteiger partial charge on any atom is -0.440 e. The van der Waals surface area contributed by atoms with Crippen LogP contribution in [-0.2, 0) is 0 Å². The molecule has 0 atom stereocenters. The molecule has 3 nitrogen and oxygen atoms in total. The van der Waals surface area contributed by atoms with E-state index in [2.05, 4.69) is 11.0 Å². The summed E-state index contributed by atoms with van der Waals surface area (Å²) in [5.41, 5.74) is 6.61. The topological polar surface area (TPSA) is 42.4 Å². The Balaban J connectivity index is 2.01. The Morgan fingerprint density at radius 3 is 2.79 bits per heavy atom. The summed E-state index contributed by atoms with van der Waals surface area (Å²) in [5.74, 6) is 1.00. The van der Waals surface area contributed by atoms with Gasteiger partial charge >= 0.3 is 0 Å². The number of rotatable bonds is 1. The predicted octanol–water partition coefficient (Wildman–Crippen LogP) is 2.68. The van der Waals surface area contributed by atoms with Gasteiger partial charge in [0.2, 0.25) is 0 Å². The Morgan fingerprint density at radius 1 is 1.29 bits per heavy atom. The number of hydrogen-bond acceptors (Lipinski definition) is 4. The molecule has 4 heteroatoms. The summed E-state index contributed by atoms with van der Waals surface area (Å²) < 4.78 is 6.89. The fourth-order valence-electron chi connectivity index (χ4n) is 1.94. The van der Waals surface area contributed by atoms with Crippen molar-refractivity contribution in [3.63, 3.8) is 0 Å². The van der Waals surface area contributed by atoms with Crippen LogP contribution in [0.25, 0.3) is 10.3 Å². The van der Waals surface area contributed by atoms with Crippen LogP contribution < -0.4 is 10.6 Å². The molecule has 1 saturated heterocycles. The van der Waals surface area contributed by atoms with Gasteiger partial charge in [-0.2, -0.15) is 0 Å². The van der Waals surface area contributed by atoms with E-state index in [1.165, 1.54) is 12.8 Å². The quantitative estimate of drug-likeness (QED) is 0.783. The number of hydrogen-bond donors (Lipinski definition) is 1. The van der Waals surface area contributed by atoms with Crippen molar-refractivity contribution in [1.29, 1.82) is 0 Å². The van der Waals surface area contributed by atoms with Crippen LogP contribution in [0.3, 0.4) is 0 Å². The molecule has 14 heavy (non-hydrogen) atoms. The van der Waals surface area contributed by atoms with Crippen LogP contribution in [0.1, 0.15) is 12.8 Å². The van der Waals surface area contributed by atoms with E-state index in [0.717, 1.165) is 34.3 Å². The number of anilines is 2. The van der Waals surface area contributed by atoms with Crippen molar-refractivity contribution in [1.82, 2.24) is 0 Å². The monoisotopic (exact) mass is 208 g/mol. The third kappa shape index (κ3) is 1.18. The van der Waals surface area contributed by atoms with E-state index in [0.29, 0.717) is 0 Å². The number of nitrogen functional groups attached to an aromatic ring is 1. The van der Waals surface area contributed by atoms with E-state index in [-0.39, 0.29) is 0 Å². The summed E-state index contributed by atoms with van der Waals surface area (Å²) >= 11 is 1.59. The van der Waals surface area contributed by atoms with E-state index in [4.69, 9.17) is 10.2 Å². The molecule has 1 aliphatic rings. The van der Waals surface area contributed by atoms with Crippen LogP contribution in [-0.4, -0.2) is 13.1 Å². The Hall–Kier alpha value is -1.16. The second-order valence-corrected chi connectivity index (χ2v) is 4.77. The molecule has 0 amide bonds. The highest BCUT2D eigenvalue weighted by atomic mass is 32.1. The first-order valence-electron chi connectivity index (χ1n) is 4.87. The molecule has 0 bridgehead atoms. The maximum absolute atomic E-state index is 5.73. The fraction of sp³-hybridized carbons (Fsp3) is 0.400. The van der Waals surface area contributed by atoms with Gasteiger partial charge in [-0.15, -0.1) is 11.3 Å². The average Bonchev–Trinajstić information content (AvgIpc) is 2.74. The molecular formula is C10H12N2OS. The lowest BCUT2D eigenvalue weighted by atomic mass is 10.4. The first kappa shape index (κ1) is 8.17. The minimum absolute atomic E-state index is 0.826. The number of fused-ring (bicyclic) bond motifs is 1. The molecule has 74 valence electrons. The normalized spacial score (nSPS) is 17.0. The maximum atomic E-state index is 5.73. The summed E-state index contributed by atoms with van der Waals surface area (Å²) in [6.07, 6.45) is 2.55. The van der Waals surface area contributed by atoms with Crippen LogP contribution in [0.5, 0.6) is 0 Å². The first-order chi connectivity index (χ1) is 6.83. The molecule has 0 radical (unpaired) electrons. The van der Waals surface area contributed by atoms with Gasteiger partial charge in [-0.05, 0) is 12.8 Å². The zero-order valence-corrected chi connectivity index (χ0v) is 8.64. The highest BCUT2D eigenvalue weighted by molar-refractivity contribution is 7.22. The second kappa shape index (κ2) is 2.92. The summed E-state index contributed by atoms with van der Waals surface area (Å²) in [7, 11) is 0. The zero-order valence-electron chi connectivity index (χ0n) is 7.82. The summed E-state index contributed by atoms with van der Waals surface area (Å²) in [4.78, 5) is 2.29. The van der Waals surface area contributed by atoms with Gasteiger partial charge in [-0.1, -0.05) is 0 Å². The highest BCUT2D eigenvalue weighted by Gasteiger charge is 2.17. The summed E-state index contributed by atoms with van der Waals surface area (Å²) in [6, 6.07) is 4.00. The minimum atomic E-state index is 0.826. The van der Waals surface area contributed by atoms with Crippen molar-refractivity contribution in [3.8, 4) is 0 Å². The van der Waals surface area contributed by atoms with E-state index in [1.807, 2.05) is 6.07 Å². The number of furan rings is 1. The van der Waals surface area contributed by atoms with Gasteiger partial charge in [0, 0.05) is 25.2 Å². The zero-order chi connectivity index (χ0) is 9.54. The molecule has 3 heterocycles. The van der Waals surface area contributed by atoms with Gasteiger partial charge in [-0.3, -0.25) is 0 Å². The van der Waals surface area contributed by atoms with E-state index in [9.17, 15) is 0 Å². The molecule has 2 aromatic heterocycles. The summed E-state index contributed by atoms with van der Waals surface area (Å²) in [5, 5.41) is 0.826. The molecule has 2 aromatic rings. The van der Waals surface area contributed by atoms with Crippen LogP contribution >= 0.6 is 11.3 Å². The Labute approximate surface area is 86.1 Å². The lowest BCUT2D eigenvalue weighted by molar-refractivity contribution is 0.600. The SMILES string of the molecule is Nc1cc2oc(N3CCCC3)cc2s1. The van der Waals surface area contributed by atoms with Gasteiger partial charge in [0.25, 0.3) is 0 Å². The van der Waals surface area contributed by atoms with Crippen molar-refractivity contribution in [2.24, 2.45) is 0 Å². The number of nitrogens with zero attached hydrogens (tertiary/aromatic N) is 1. The van der Waals surface area contributed by atoms with Crippen molar-refractivity contribution in [3.05, 3.63) is 12.1 Å². The molecule has 1 aliphatic heterocycles. The molecule has 2 N–H and O–H groups in total. The fourth-order valence-corrected chi connectivity index (χ4v) is 2.72. The smallest absolute Gasteiger partial charge is 0.197 e. The summed E-state index contributed by atoms with van der Waals surface area (Å²) in [6.45, 7) is 2.24. The standard InChI is InChI=1S/C10H12N2OS/c11-9-5-7-8(14-9)6-10(13-7)12-3-1-2-4-12/h5-6H,1-4,11H2. The first-order valence-corrected chi connectivity index (χ1v) is 5.68. The van der Waals surface area contributed by atoms with Crippen molar-refractivity contribution in [2.45, 2.75) is 12.8 Å². The maximum Gasteiger partial charge on any atom is 0.197 e. The largest absolute Gasteiger partial charge is 0.440 e. The average molecular weight is 208 g/mol. The van der Waals surface area contributed by atoms with Crippen molar-refractivity contribution < 1.29 is 4.42 Å². The van der Waals surface area contributed by atoms with Crippen LogP contribution in [0.15, 0.2) is 16.5 Å². The molecule has 1 fully saturated rings. The van der Waals surface area contributed by atoms with E-state index < -0.39 is 0 Å². The molecule has 0 aromatic carbocycles. The van der Waals surface area contributed by atoms with Crippen LogP contribution in [0.2, 0.25) is 0 Å². The van der Waals surface area contributed by atoms with Gasteiger partial charge in [0.15, 0.2) is 5.88 Å². The molecule has 0 spiro atoms. The molecule has 0 aliphatic carbocycles. The molecule has 0 saturated carbocycles. The lowest BCUT2D eigenvalue weighted by Gasteiger charge is -2.12. The molecule has 0 unspecified atom stereocenters. The number of nitrogens with two attached hydrogens (primary N) is 1. The van der Waals surface area contributed by atoms with Gasteiger partial charge < -0.3 is 15.1 Å². The van der Waals surface area contributed by atoms with Crippen LogP contribution in [0.4, 0.5) is 10.9 Å². The van der Waals surface area contributed by atoms with Crippen molar-refractivity contribution in [2.75, 3.05) is 23.7 Å². The third-order valence-corrected chi connectivity index (χ3v) is 3.52. The lowest BCUT2D eigenvalue weighted by Crippen LogP contribution is -2.16. The Kier molecular flexibility index (Phi) is 1.70. The predicted molar refractivity (Wildman–Crippen MR) is 60.0 cm³/mol. The van der Waals surface area contributed by atoms with Crippen LogP contribution in [0, 0.1) is 0 Å². The van der Waals surface area contributed by atoms with E-state index in [1.54, 1.807) is 11.3 Å². The highest BCUT2D eigenvalue weighted by Crippen LogP contribution is 2.34. The molecular weight excluding hydrogens is 196 g/mol. The van der Waals surface area contributed by atoms with Gasteiger partial charge in [0.1, 0.15) is 5.58 Å². The van der Waals surface area contributed by atoms with Gasteiger partial charge in [0.05, 0.1) is 9.70 Å². The third-order valence-electron chi connectivity index (χ3n) is 2.63. The van der Waals surface area contributed by atoms with Gasteiger partial charge in [-0.25, -0.2) is 0 Å². The Morgan fingerprint density at radius 2 is 2.07 bits per heavy atom. The Bertz CT molecular complexity index is 422. The van der Waals surface area contributed by atoms with E-state index >= 15 is 0 Å². The number of thiophene rings is 1. The van der Waals surface area contributed by atoms with Crippen molar-refractivity contribution >= 4 is 32.5 Å².